The lowest BCUT2D eigenvalue weighted by molar-refractivity contribution is -0.117. The van der Waals surface area contributed by atoms with Gasteiger partial charge in [-0.15, -0.1) is 0 Å². The van der Waals surface area contributed by atoms with Crippen LogP contribution in [0, 0.1) is 0 Å². The predicted octanol–water partition coefficient (Wildman–Crippen LogP) is 9.35. The molecule has 1 aromatic carbocycles. The summed E-state index contributed by atoms with van der Waals surface area (Å²) in [5, 5.41) is 10.7. The molecule has 2 aromatic rings. The summed E-state index contributed by atoms with van der Waals surface area (Å²) in [6, 6.07) is 11.7. The molecule has 0 spiro atoms. The van der Waals surface area contributed by atoms with E-state index in [4.69, 9.17) is 16.0 Å². The van der Waals surface area contributed by atoms with Gasteiger partial charge in [-0.1, -0.05) is 97.0 Å². The Balaban J connectivity index is 0.000000576. The number of aliphatic hydroxyl groups is 1. The highest BCUT2D eigenvalue weighted by Crippen LogP contribution is 2.29. The van der Waals surface area contributed by atoms with Crippen LogP contribution < -0.4 is 0 Å². The van der Waals surface area contributed by atoms with E-state index in [0.29, 0.717) is 6.42 Å². The molecule has 1 saturated heterocycles. The van der Waals surface area contributed by atoms with Crippen LogP contribution in [-0.4, -0.2) is 34.6 Å². The number of furan rings is 1. The van der Waals surface area contributed by atoms with E-state index in [9.17, 15) is 9.90 Å². The van der Waals surface area contributed by atoms with E-state index in [1.165, 1.54) is 32.1 Å². The molecule has 2 heterocycles. The number of likely N-dealkylation sites (tertiary alicyclic amines) is 1. The lowest BCUT2D eigenvalue weighted by atomic mass is 9.97. The van der Waals surface area contributed by atoms with Gasteiger partial charge >= 0.3 is 0 Å². The van der Waals surface area contributed by atoms with Crippen molar-refractivity contribution in [1.82, 2.24) is 4.90 Å². The molecule has 0 amide bonds. The maximum Gasteiger partial charge on any atom is 0.130 e. The first kappa shape index (κ1) is 35.1. The minimum absolute atomic E-state index is 0.205. The van der Waals surface area contributed by atoms with Gasteiger partial charge in [-0.05, 0) is 61.6 Å². The van der Waals surface area contributed by atoms with E-state index < -0.39 is 0 Å². The molecule has 5 heteroatoms. The molecule has 1 aliphatic rings. The van der Waals surface area contributed by atoms with Gasteiger partial charge in [0, 0.05) is 30.5 Å². The van der Waals surface area contributed by atoms with Crippen molar-refractivity contribution in [3.8, 4) is 0 Å². The molecule has 0 aliphatic carbocycles. The summed E-state index contributed by atoms with van der Waals surface area (Å²) in [7, 11) is 0. The quantitative estimate of drug-likeness (QED) is 0.292. The lowest BCUT2D eigenvalue weighted by Crippen LogP contribution is -2.39. The SMILES string of the molecule is C=C(c1ccc(Cl)cc1)C(CC)N1CCCC1O.CC.CC(=O)CCc1ccco1.CCCCCCC. The zero-order valence-electron chi connectivity index (χ0n) is 24.3. The molecule has 2 unspecified atom stereocenters. The minimum Gasteiger partial charge on any atom is -0.469 e. The monoisotopic (exact) mass is 533 g/mol. The van der Waals surface area contributed by atoms with E-state index in [1.807, 2.05) is 50.2 Å². The van der Waals surface area contributed by atoms with Gasteiger partial charge in [0.05, 0.1) is 6.26 Å². The van der Waals surface area contributed by atoms with Crippen molar-refractivity contribution < 1.29 is 14.3 Å². The first-order chi connectivity index (χ1) is 17.8. The zero-order chi connectivity index (χ0) is 28.1. The van der Waals surface area contributed by atoms with Gasteiger partial charge in [-0.3, -0.25) is 4.90 Å². The molecule has 1 aromatic heterocycles. The summed E-state index contributed by atoms with van der Waals surface area (Å²) in [6.07, 6.45) is 12.5. The number of aryl methyl sites for hydroxylation is 1. The Labute approximate surface area is 232 Å². The third kappa shape index (κ3) is 15.2. The molecule has 210 valence electrons. The number of benzene rings is 1. The van der Waals surface area contributed by atoms with Crippen LogP contribution in [0.4, 0.5) is 0 Å². The fourth-order valence-electron chi connectivity index (χ4n) is 4.10. The van der Waals surface area contributed by atoms with Crippen LogP contribution in [0.25, 0.3) is 5.57 Å². The summed E-state index contributed by atoms with van der Waals surface area (Å²) < 4.78 is 5.03. The van der Waals surface area contributed by atoms with Crippen molar-refractivity contribution in [1.29, 1.82) is 0 Å². The number of ketones is 1. The third-order valence-electron chi connectivity index (χ3n) is 6.18. The Hall–Kier alpha value is -1.88. The van der Waals surface area contributed by atoms with Crippen LogP contribution >= 0.6 is 11.6 Å². The standard InChI is InChI=1S/C15H20ClNO.C8H10O2.C7H16.C2H6/c1-3-14(17-10-4-5-15(17)18)11(2)12-6-8-13(16)9-7-12;1-7(9)4-5-8-3-2-6-10-8;1-3-5-7-6-4-2;1-2/h6-9,14-15,18H,2-5,10H2,1H3;2-3,6H,4-5H2,1H3;3-7H2,1-2H3;1-2H3. The second-order valence-electron chi connectivity index (χ2n) is 9.16. The second-order valence-corrected chi connectivity index (χ2v) is 9.60. The van der Waals surface area contributed by atoms with Gasteiger partial charge in [0.1, 0.15) is 17.8 Å². The van der Waals surface area contributed by atoms with E-state index in [1.54, 1.807) is 13.2 Å². The number of carbonyl (C=O) groups excluding carboxylic acids is 1. The van der Waals surface area contributed by atoms with Crippen LogP contribution in [0.5, 0.6) is 0 Å². The maximum atomic E-state index is 10.5. The fourth-order valence-corrected chi connectivity index (χ4v) is 4.23. The molecular formula is C32H52ClNO3. The Morgan fingerprint density at radius 3 is 2.16 bits per heavy atom. The normalized spacial score (nSPS) is 15.3. The molecule has 4 nitrogen and oxygen atoms in total. The first-order valence-corrected chi connectivity index (χ1v) is 14.6. The van der Waals surface area contributed by atoms with Crippen molar-refractivity contribution in [3.05, 3.63) is 65.6 Å². The zero-order valence-corrected chi connectivity index (χ0v) is 25.0. The average molecular weight is 534 g/mol. The summed E-state index contributed by atoms with van der Waals surface area (Å²) in [4.78, 5) is 12.6. The smallest absolute Gasteiger partial charge is 0.130 e. The number of nitrogens with zero attached hydrogens (tertiary/aromatic N) is 1. The van der Waals surface area contributed by atoms with Crippen molar-refractivity contribution in [3.63, 3.8) is 0 Å². The van der Waals surface area contributed by atoms with Crippen LogP contribution in [0.15, 0.2) is 53.7 Å². The Morgan fingerprint density at radius 2 is 1.73 bits per heavy atom. The maximum absolute atomic E-state index is 10.5. The molecule has 0 radical (unpaired) electrons. The van der Waals surface area contributed by atoms with Gasteiger partial charge in [0.15, 0.2) is 0 Å². The van der Waals surface area contributed by atoms with Gasteiger partial charge in [-0.2, -0.15) is 0 Å². The highest BCUT2D eigenvalue weighted by Gasteiger charge is 2.29. The Bertz CT molecular complexity index is 813. The number of halogens is 1. The molecule has 0 bridgehead atoms. The highest BCUT2D eigenvalue weighted by atomic mass is 35.5. The van der Waals surface area contributed by atoms with Crippen LogP contribution in [-0.2, 0) is 11.2 Å². The molecule has 0 saturated carbocycles. The van der Waals surface area contributed by atoms with Crippen LogP contribution in [0.2, 0.25) is 5.02 Å². The third-order valence-corrected chi connectivity index (χ3v) is 6.43. The molecule has 3 rings (SSSR count). The highest BCUT2D eigenvalue weighted by molar-refractivity contribution is 6.30. The van der Waals surface area contributed by atoms with Gasteiger partial charge in [0.2, 0.25) is 0 Å². The van der Waals surface area contributed by atoms with Gasteiger partial charge in [-0.25, -0.2) is 0 Å². The number of hydrogen-bond donors (Lipinski definition) is 1. The van der Waals surface area contributed by atoms with E-state index in [0.717, 1.165) is 54.1 Å². The van der Waals surface area contributed by atoms with Gasteiger partial charge < -0.3 is 14.3 Å². The molecule has 37 heavy (non-hydrogen) atoms. The summed E-state index contributed by atoms with van der Waals surface area (Å²) in [6.45, 7) is 17.4. The largest absolute Gasteiger partial charge is 0.469 e. The minimum atomic E-state index is -0.320. The number of carbonyl (C=O) groups is 1. The molecule has 1 N–H and O–H groups in total. The van der Waals surface area contributed by atoms with Crippen molar-refractivity contribution in [2.45, 2.75) is 118 Å². The number of aliphatic hydroxyl groups excluding tert-OH is 1. The lowest BCUT2D eigenvalue weighted by Gasteiger charge is -2.31. The Morgan fingerprint density at radius 1 is 1.11 bits per heavy atom. The van der Waals surface area contributed by atoms with Crippen molar-refractivity contribution >= 4 is 23.0 Å². The first-order valence-electron chi connectivity index (χ1n) is 14.2. The summed E-state index contributed by atoms with van der Waals surface area (Å²) in [5.41, 5.74) is 2.17. The second kappa shape index (κ2) is 22.1. The number of rotatable bonds is 11. The van der Waals surface area contributed by atoms with Crippen LogP contribution in [0.1, 0.15) is 111 Å². The molecule has 1 fully saturated rings. The number of hydrogen-bond acceptors (Lipinski definition) is 4. The van der Waals surface area contributed by atoms with Crippen molar-refractivity contribution in [2.75, 3.05) is 6.54 Å². The van der Waals surface area contributed by atoms with E-state index in [-0.39, 0.29) is 18.1 Å². The predicted molar refractivity (Wildman–Crippen MR) is 160 cm³/mol. The van der Waals surface area contributed by atoms with Crippen LogP contribution in [0.3, 0.4) is 0 Å². The topological polar surface area (TPSA) is 53.7 Å². The van der Waals surface area contributed by atoms with E-state index in [2.05, 4.69) is 32.3 Å². The summed E-state index contributed by atoms with van der Waals surface area (Å²) >= 11 is 5.90. The number of Topliss-reactive ketones (excluding diaryl/α,β-unsaturated/α-hetero) is 1. The number of unbranched alkanes of at least 4 members (excludes halogenated alkanes) is 4. The molecular weight excluding hydrogens is 482 g/mol. The molecule has 2 atom stereocenters. The van der Waals surface area contributed by atoms with Gasteiger partial charge in [0.25, 0.3) is 0 Å². The molecule has 1 aliphatic heterocycles. The summed E-state index contributed by atoms with van der Waals surface area (Å²) in [5.74, 6) is 1.09. The van der Waals surface area contributed by atoms with E-state index >= 15 is 0 Å². The fraction of sp³-hybridized carbons (Fsp3) is 0.594. The average Bonchev–Trinajstić information content (AvgIpc) is 3.58. The van der Waals surface area contributed by atoms with Crippen molar-refractivity contribution in [2.24, 2.45) is 0 Å². The Kier molecular flexibility index (Phi) is 21.0.